The summed E-state index contributed by atoms with van der Waals surface area (Å²) in [7, 11) is 0. The van der Waals surface area contributed by atoms with E-state index in [2.05, 4.69) is 35.9 Å². The summed E-state index contributed by atoms with van der Waals surface area (Å²) in [5.74, 6) is 0. The molecule has 2 heteroatoms. The van der Waals surface area contributed by atoms with E-state index >= 15 is 0 Å². The number of hydrogen-bond donors (Lipinski definition) is 0. The second-order valence-electron chi connectivity index (χ2n) is 4.15. The average molecular weight is 208 g/mol. The molecular formula is C14H12N2. The normalized spacial score (nSPS) is 11.1. The predicted molar refractivity (Wildman–Crippen MR) is 66.5 cm³/mol. The molecule has 3 aromatic rings. The van der Waals surface area contributed by atoms with Crippen molar-refractivity contribution in [3.05, 3.63) is 48.0 Å². The molecule has 2 heterocycles. The molecule has 1 aromatic carbocycles. The molecule has 16 heavy (non-hydrogen) atoms. The number of pyridine rings is 2. The largest absolute Gasteiger partial charge is 0.264 e. The van der Waals surface area contributed by atoms with Gasteiger partial charge in [0.25, 0.3) is 0 Å². The summed E-state index contributed by atoms with van der Waals surface area (Å²) in [5, 5.41) is 4.96. The first-order valence-corrected chi connectivity index (χ1v) is 5.35. The zero-order valence-corrected chi connectivity index (χ0v) is 9.36. The van der Waals surface area contributed by atoms with Crippen LogP contribution in [0.25, 0.3) is 21.5 Å². The average Bonchev–Trinajstić information content (AvgIpc) is 2.31. The minimum absolute atomic E-state index is 1.21. The zero-order valence-electron chi connectivity index (χ0n) is 9.36. The van der Waals surface area contributed by atoms with Crippen LogP contribution in [0.15, 0.2) is 36.9 Å². The highest BCUT2D eigenvalue weighted by Crippen LogP contribution is 2.28. The van der Waals surface area contributed by atoms with Crippen LogP contribution in [0.4, 0.5) is 0 Å². The third-order valence-electron chi connectivity index (χ3n) is 3.15. The number of fused-ring (bicyclic) bond motifs is 2. The summed E-state index contributed by atoms with van der Waals surface area (Å²) in [4.78, 5) is 8.44. The van der Waals surface area contributed by atoms with Crippen molar-refractivity contribution in [1.82, 2.24) is 9.97 Å². The Morgan fingerprint density at radius 2 is 1.69 bits per heavy atom. The fraction of sp³-hybridized carbons (Fsp3) is 0.143. The molecule has 0 amide bonds. The fourth-order valence-electron chi connectivity index (χ4n) is 2.21. The second kappa shape index (κ2) is 3.27. The van der Waals surface area contributed by atoms with Crippen LogP contribution in [0.1, 0.15) is 11.1 Å². The molecule has 0 radical (unpaired) electrons. The van der Waals surface area contributed by atoms with E-state index in [0.29, 0.717) is 0 Å². The van der Waals surface area contributed by atoms with E-state index in [0.717, 1.165) is 0 Å². The minimum atomic E-state index is 1.21. The number of aryl methyl sites for hydroxylation is 2. The maximum Gasteiger partial charge on any atom is 0.0349 e. The molecule has 0 fully saturated rings. The molecule has 0 N–H and O–H groups in total. The molecule has 0 bridgehead atoms. The molecule has 0 saturated heterocycles. The molecule has 0 aliphatic rings. The molecule has 0 aliphatic carbocycles. The van der Waals surface area contributed by atoms with Crippen molar-refractivity contribution in [3.63, 3.8) is 0 Å². The molecule has 0 saturated carbocycles. The van der Waals surface area contributed by atoms with Gasteiger partial charge in [0, 0.05) is 35.6 Å². The van der Waals surface area contributed by atoms with Gasteiger partial charge in [-0.1, -0.05) is 0 Å². The Hall–Kier alpha value is -1.96. The Balaban J connectivity index is 2.61. The smallest absolute Gasteiger partial charge is 0.0349 e. The molecule has 2 aromatic heterocycles. The highest BCUT2D eigenvalue weighted by Gasteiger charge is 2.05. The number of nitrogens with zero attached hydrogens (tertiary/aromatic N) is 2. The molecule has 3 rings (SSSR count). The first-order chi connectivity index (χ1) is 7.77. The lowest BCUT2D eigenvalue weighted by Crippen LogP contribution is -1.87. The van der Waals surface area contributed by atoms with Crippen molar-refractivity contribution in [3.8, 4) is 0 Å². The number of rotatable bonds is 0. The fourth-order valence-corrected chi connectivity index (χ4v) is 2.21. The summed E-state index contributed by atoms with van der Waals surface area (Å²) in [5.41, 5.74) is 2.48. The third kappa shape index (κ3) is 1.20. The van der Waals surface area contributed by atoms with Gasteiger partial charge in [-0.15, -0.1) is 0 Å². The molecule has 0 atom stereocenters. The Kier molecular flexibility index (Phi) is 1.90. The van der Waals surface area contributed by atoms with Gasteiger partial charge in [0.05, 0.1) is 0 Å². The van der Waals surface area contributed by atoms with Crippen LogP contribution in [-0.2, 0) is 0 Å². The van der Waals surface area contributed by atoms with Crippen LogP contribution in [-0.4, -0.2) is 9.97 Å². The van der Waals surface area contributed by atoms with Crippen molar-refractivity contribution in [2.24, 2.45) is 0 Å². The van der Waals surface area contributed by atoms with Gasteiger partial charge in [-0.05, 0) is 47.9 Å². The predicted octanol–water partition coefficient (Wildman–Crippen LogP) is 3.40. The summed E-state index contributed by atoms with van der Waals surface area (Å²) >= 11 is 0. The molecule has 0 spiro atoms. The Bertz CT molecular complexity index is 687. The highest BCUT2D eigenvalue weighted by molar-refractivity contribution is 6.02. The molecule has 2 nitrogen and oxygen atoms in total. The van der Waals surface area contributed by atoms with Crippen LogP contribution in [0.5, 0.6) is 0 Å². The first-order valence-electron chi connectivity index (χ1n) is 5.35. The Morgan fingerprint density at radius 1 is 0.875 bits per heavy atom. The van der Waals surface area contributed by atoms with Gasteiger partial charge in [0.2, 0.25) is 0 Å². The van der Waals surface area contributed by atoms with Crippen molar-refractivity contribution >= 4 is 21.5 Å². The maximum atomic E-state index is 4.26. The van der Waals surface area contributed by atoms with Gasteiger partial charge < -0.3 is 0 Å². The lowest BCUT2D eigenvalue weighted by atomic mass is 9.99. The first kappa shape index (κ1) is 9.28. The molecule has 78 valence electrons. The van der Waals surface area contributed by atoms with Gasteiger partial charge >= 0.3 is 0 Å². The van der Waals surface area contributed by atoms with E-state index in [1.807, 2.05) is 24.8 Å². The molecular weight excluding hydrogens is 196 g/mol. The van der Waals surface area contributed by atoms with Crippen LogP contribution in [0, 0.1) is 13.8 Å². The van der Waals surface area contributed by atoms with E-state index in [9.17, 15) is 0 Å². The number of benzene rings is 1. The third-order valence-corrected chi connectivity index (χ3v) is 3.15. The van der Waals surface area contributed by atoms with Gasteiger partial charge in [-0.3, -0.25) is 9.97 Å². The van der Waals surface area contributed by atoms with Gasteiger partial charge in [-0.2, -0.15) is 0 Å². The minimum Gasteiger partial charge on any atom is -0.264 e. The van der Waals surface area contributed by atoms with E-state index in [1.165, 1.54) is 32.7 Å². The molecule has 0 aliphatic heterocycles. The maximum absolute atomic E-state index is 4.26. The van der Waals surface area contributed by atoms with Gasteiger partial charge in [0.15, 0.2) is 0 Å². The lowest BCUT2D eigenvalue weighted by molar-refractivity contribution is 1.30. The van der Waals surface area contributed by atoms with E-state index in [-0.39, 0.29) is 0 Å². The lowest BCUT2D eigenvalue weighted by Gasteiger charge is -2.08. The monoisotopic (exact) mass is 208 g/mol. The SMILES string of the molecule is Cc1cncc2c(C)c3cnccc3cc12. The van der Waals surface area contributed by atoms with Crippen LogP contribution in [0.3, 0.4) is 0 Å². The zero-order chi connectivity index (χ0) is 11.1. The standard InChI is InChI=1S/C14H12N2/c1-9-6-16-8-14-10(2)13-7-15-4-3-11(13)5-12(9)14/h3-8H,1-2H3. The van der Waals surface area contributed by atoms with E-state index < -0.39 is 0 Å². The highest BCUT2D eigenvalue weighted by atomic mass is 14.6. The summed E-state index contributed by atoms with van der Waals surface area (Å²) in [6, 6.07) is 4.28. The van der Waals surface area contributed by atoms with Crippen molar-refractivity contribution < 1.29 is 0 Å². The van der Waals surface area contributed by atoms with Crippen molar-refractivity contribution in [2.45, 2.75) is 13.8 Å². The molecule has 0 unspecified atom stereocenters. The summed E-state index contributed by atoms with van der Waals surface area (Å²) in [6.07, 6.45) is 7.61. The van der Waals surface area contributed by atoms with Crippen LogP contribution in [0.2, 0.25) is 0 Å². The Labute approximate surface area is 94.0 Å². The summed E-state index contributed by atoms with van der Waals surface area (Å²) in [6.45, 7) is 4.23. The second-order valence-corrected chi connectivity index (χ2v) is 4.15. The Morgan fingerprint density at radius 3 is 2.56 bits per heavy atom. The van der Waals surface area contributed by atoms with Gasteiger partial charge in [0.1, 0.15) is 0 Å². The van der Waals surface area contributed by atoms with Gasteiger partial charge in [-0.25, -0.2) is 0 Å². The van der Waals surface area contributed by atoms with Crippen molar-refractivity contribution in [2.75, 3.05) is 0 Å². The van der Waals surface area contributed by atoms with Crippen molar-refractivity contribution in [1.29, 1.82) is 0 Å². The number of hydrogen-bond acceptors (Lipinski definition) is 2. The summed E-state index contributed by atoms with van der Waals surface area (Å²) < 4.78 is 0. The topological polar surface area (TPSA) is 25.8 Å². The van der Waals surface area contributed by atoms with E-state index in [4.69, 9.17) is 0 Å². The van der Waals surface area contributed by atoms with E-state index in [1.54, 1.807) is 0 Å². The van der Waals surface area contributed by atoms with Crippen LogP contribution < -0.4 is 0 Å². The quantitative estimate of drug-likeness (QED) is 0.529. The van der Waals surface area contributed by atoms with Crippen LogP contribution >= 0.6 is 0 Å². The number of aromatic nitrogens is 2.